The van der Waals surface area contributed by atoms with Gasteiger partial charge in [0.2, 0.25) is 5.91 Å². The maximum absolute atomic E-state index is 12.0. The van der Waals surface area contributed by atoms with Gasteiger partial charge in [-0.05, 0) is 42.3 Å². The molecule has 0 heterocycles. The predicted octanol–water partition coefficient (Wildman–Crippen LogP) is 4.96. The lowest BCUT2D eigenvalue weighted by Gasteiger charge is -2.06. The number of ether oxygens (including phenoxy) is 1. The Kier molecular flexibility index (Phi) is 5.47. The summed E-state index contributed by atoms with van der Waals surface area (Å²) in [5.41, 5.74) is 2.30. The molecule has 0 spiro atoms. The Hall–Kier alpha value is -1.97. The van der Waals surface area contributed by atoms with Crippen LogP contribution in [0.2, 0.25) is 10.0 Å². The first-order valence-electron chi connectivity index (χ1n) is 6.59. The molecule has 0 saturated carbocycles. The Labute approximate surface area is 139 Å². The lowest BCUT2D eigenvalue weighted by Crippen LogP contribution is -2.08. The Morgan fingerprint density at radius 3 is 2.68 bits per heavy atom. The van der Waals surface area contributed by atoms with Crippen LogP contribution in [0.4, 0.5) is 5.69 Å². The van der Waals surface area contributed by atoms with Crippen LogP contribution in [0.25, 0.3) is 6.08 Å². The molecule has 114 valence electrons. The van der Waals surface area contributed by atoms with Crippen molar-refractivity contribution in [1.29, 1.82) is 0 Å². The third kappa shape index (κ3) is 4.03. The monoisotopic (exact) mass is 335 g/mol. The van der Waals surface area contributed by atoms with Crippen LogP contribution in [0.3, 0.4) is 0 Å². The van der Waals surface area contributed by atoms with E-state index in [4.69, 9.17) is 27.9 Å². The molecule has 1 amide bonds. The van der Waals surface area contributed by atoms with Crippen molar-refractivity contribution in [3.8, 4) is 5.75 Å². The van der Waals surface area contributed by atoms with Crippen molar-refractivity contribution in [3.63, 3.8) is 0 Å². The number of aryl methyl sites for hydroxylation is 1. The molecule has 0 aromatic heterocycles. The van der Waals surface area contributed by atoms with Gasteiger partial charge in [0.15, 0.2) is 0 Å². The van der Waals surface area contributed by atoms with E-state index in [-0.39, 0.29) is 5.91 Å². The largest absolute Gasteiger partial charge is 0.495 e. The van der Waals surface area contributed by atoms with Crippen LogP contribution in [0.1, 0.15) is 11.1 Å². The summed E-state index contributed by atoms with van der Waals surface area (Å²) in [6.45, 7) is 1.93. The summed E-state index contributed by atoms with van der Waals surface area (Å²) in [7, 11) is 1.54. The fraction of sp³-hybridized carbons (Fsp3) is 0.118. The quantitative estimate of drug-likeness (QED) is 0.801. The normalized spacial score (nSPS) is 10.7. The second kappa shape index (κ2) is 7.34. The molecule has 2 aromatic carbocycles. The molecule has 22 heavy (non-hydrogen) atoms. The van der Waals surface area contributed by atoms with Gasteiger partial charge in [-0.2, -0.15) is 0 Å². The smallest absolute Gasteiger partial charge is 0.248 e. The third-order valence-corrected chi connectivity index (χ3v) is 3.73. The van der Waals surface area contributed by atoms with E-state index >= 15 is 0 Å². The van der Waals surface area contributed by atoms with E-state index < -0.39 is 0 Å². The SMILES string of the molecule is COc1cccc(/C=C/C(=O)Nc2ccc(C)cc2Cl)c1Cl. The van der Waals surface area contributed by atoms with Crippen LogP contribution in [-0.2, 0) is 4.79 Å². The van der Waals surface area contributed by atoms with Gasteiger partial charge in [0, 0.05) is 6.08 Å². The third-order valence-electron chi connectivity index (χ3n) is 3.01. The summed E-state index contributed by atoms with van der Waals surface area (Å²) in [6, 6.07) is 10.8. The standard InChI is InChI=1S/C17H15Cl2NO2/c1-11-6-8-14(13(18)10-11)20-16(21)9-7-12-4-3-5-15(22-2)17(12)19/h3-10H,1-2H3,(H,20,21)/b9-7+. The molecule has 5 heteroatoms. The molecule has 0 radical (unpaired) electrons. The molecule has 0 atom stereocenters. The highest BCUT2D eigenvalue weighted by molar-refractivity contribution is 6.34. The van der Waals surface area contributed by atoms with Crippen molar-refractivity contribution < 1.29 is 9.53 Å². The Morgan fingerprint density at radius 1 is 1.23 bits per heavy atom. The molecule has 0 fully saturated rings. The number of halogens is 2. The zero-order chi connectivity index (χ0) is 16.1. The van der Waals surface area contributed by atoms with Gasteiger partial charge in [-0.25, -0.2) is 0 Å². The second-order valence-electron chi connectivity index (χ2n) is 4.67. The lowest BCUT2D eigenvalue weighted by atomic mass is 10.2. The van der Waals surface area contributed by atoms with E-state index in [2.05, 4.69) is 5.32 Å². The zero-order valence-electron chi connectivity index (χ0n) is 12.2. The molecule has 0 saturated heterocycles. The molecule has 0 aliphatic carbocycles. The zero-order valence-corrected chi connectivity index (χ0v) is 13.7. The number of methoxy groups -OCH3 is 1. The van der Waals surface area contributed by atoms with Gasteiger partial charge in [-0.1, -0.05) is 41.4 Å². The molecule has 1 N–H and O–H groups in total. The molecule has 2 aromatic rings. The number of carbonyl (C=O) groups excluding carboxylic acids is 1. The molecule has 0 aliphatic rings. The van der Waals surface area contributed by atoms with Crippen molar-refractivity contribution >= 4 is 40.9 Å². The van der Waals surface area contributed by atoms with Gasteiger partial charge < -0.3 is 10.1 Å². The molecule has 0 aliphatic heterocycles. The number of hydrogen-bond acceptors (Lipinski definition) is 2. The maximum Gasteiger partial charge on any atom is 0.248 e. The van der Waals surface area contributed by atoms with Gasteiger partial charge in [0.25, 0.3) is 0 Å². The number of rotatable bonds is 4. The van der Waals surface area contributed by atoms with Crippen molar-refractivity contribution in [2.45, 2.75) is 6.92 Å². The summed E-state index contributed by atoms with van der Waals surface area (Å²) in [6.07, 6.45) is 3.03. The van der Waals surface area contributed by atoms with Gasteiger partial charge in [0.05, 0.1) is 22.8 Å². The van der Waals surface area contributed by atoms with Crippen LogP contribution in [0, 0.1) is 6.92 Å². The highest BCUT2D eigenvalue weighted by atomic mass is 35.5. The summed E-state index contributed by atoms with van der Waals surface area (Å²) in [5.74, 6) is 0.274. The van der Waals surface area contributed by atoms with Crippen LogP contribution >= 0.6 is 23.2 Å². The summed E-state index contributed by atoms with van der Waals surface area (Å²) in [4.78, 5) is 12.0. The van der Waals surface area contributed by atoms with Crippen molar-refractivity contribution in [1.82, 2.24) is 0 Å². The van der Waals surface area contributed by atoms with E-state index in [0.29, 0.717) is 27.0 Å². The molecule has 0 bridgehead atoms. The number of benzene rings is 2. The lowest BCUT2D eigenvalue weighted by molar-refractivity contribution is -0.111. The Balaban J connectivity index is 2.12. The molecular formula is C17H15Cl2NO2. The number of carbonyl (C=O) groups is 1. The van der Waals surface area contributed by atoms with E-state index in [1.807, 2.05) is 13.0 Å². The maximum atomic E-state index is 12.0. The van der Waals surface area contributed by atoms with E-state index in [0.717, 1.165) is 5.56 Å². The second-order valence-corrected chi connectivity index (χ2v) is 5.45. The topological polar surface area (TPSA) is 38.3 Å². The minimum absolute atomic E-state index is 0.287. The first-order chi connectivity index (χ1) is 10.5. The highest BCUT2D eigenvalue weighted by Gasteiger charge is 2.06. The number of nitrogens with one attached hydrogen (secondary N) is 1. The van der Waals surface area contributed by atoms with Gasteiger partial charge in [0.1, 0.15) is 5.75 Å². The fourth-order valence-corrected chi connectivity index (χ4v) is 2.42. The van der Waals surface area contributed by atoms with Crippen LogP contribution in [0.15, 0.2) is 42.5 Å². The van der Waals surface area contributed by atoms with Crippen LogP contribution in [-0.4, -0.2) is 13.0 Å². The van der Waals surface area contributed by atoms with E-state index in [1.54, 1.807) is 43.5 Å². The first-order valence-corrected chi connectivity index (χ1v) is 7.34. The van der Waals surface area contributed by atoms with E-state index in [1.165, 1.54) is 6.08 Å². The minimum Gasteiger partial charge on any atom is -0.495 e. The van der Waals surface area contributed by atoms with Gasteiger partial charge in [-0.3, -0.25) is 4.79 Å². The van der Waals surface area contributed by atoms with Crippen molar-refractivity contribution in [2.75, 3.05) is 12.4 Å². The number of hydrogen-bond donors (Lipinski definition) is 1. The van der Waals surface area contributed by atoms with Crippen LogP contribution in [0.5, 0.6) is 5.75 Å². The average Bonchev–Trinajstić information content (AvgIpc) is 2.49. The molecular weight excluding hydrogens is 321 g/mol. The summed E-state index contributed by atoms with van der Waals surface area (Å²) < 4.78 is 5.13. The van der Waals surface area contributed by atoms with Crippen LogP contribution < -0.4 is 10.1 Å². The van der Waals surface area contributed by atoms with Gasteiger partial charge >= 0.3 is 0 Å². The predicted molar refractivity (Wildman–Crippen MR) is 91.9 cm³/mol. The number of anilines is 1. The Morgan fingerprint density at radius 2 is 2.00 bits per heavy atom. The van der Waals surface area contributed by atoms with Crippen molar-refractivity contribution in [3.05, 3.63) is 63.6 Å². The summed E-state index contributed by atoms with van der Waals surface area (Å²) >= 11 is 12.2. The van der Waals surface area contributed by atoms with E-state index in [9.17, 15) is 4.79 Å². The molecule has 2 rings (SSSR count). The van der Waals surface area contributed by atoms with Crippen molar-refractivity contribution in [2.24, 2.45) is 0 Å². The number of amides is 1. The fourth-order valence-electron chi connectivity index (χ4n) is 1.88. The Bertz CT molecular complexity index is 727. The molecule has 0 unspecified atom stereocenters. The average molecular weight is 336 g/mol. The van der Waals surface area contributed by atoms with Gasteiger partial charge in [-0.15, -0.1) is 0 Å². The molecule has 3 nitrogen and oxygen atoms in total. The highest BCUT2D eigenvalue weighted by Crippen LogP contribution is 2.28. The first kappa shape index (κ1) is 16.4. The summed E-state index contributed by atoms with van der Waals surface area (Å²) in [5, 5.41) is 3.69. The minimum atomic E-state index is -0.287.